The number of rotatable bonds is 7. The van der Waals surface area contributed by atoms with Gasteiger partial charge in [0.2, 0.25) is 0 Å². The van der Waals surface area contributed by atoms with Crippen LogP contribution in [0.2, 0.25) is 0 Å². The van der Waals surface area contributed by atoms with Crippen molar-refractivity contribution in [2.45, 2.75) is 27.2 Å². The van der Waals surface area contributed by atoms with Crippen molar-refractivity contribution in [1.82, 2.24) is 20.2 Å². The summed E-state index contributed by atoms with van der Waals surface area (Å²) in [6, 6.07) is 7.48. The van der Waals surface area contributed by atoms with Crippen molar-refractivity contribution in [3.8, 4) is 11.4 Å². The second kappa shape index (κ2) is 10.0. The van der Waals surface area contributed by atoms with Crippen LogP contribution >= 0.6 is 11.3 Å². The topological polar surface area (TPSA) is 57.4 Å². The fourth-order valence-corrected chi connectivity index (χ4v) is 4.69. The van der Waals surface area contributed by atoms with Gasteiger partial charge in [-0.2, -0.15) is 9.49 Å². The molecule has 4 rings (SSSR count). The van der Waals surface area contributed by atoms with Crippen LogP contribution in [-0.2, 0) is 6.42 Å². The predicted molar refractivity (Wildman–Crippen MR) is 141 cm³/mol. The second-order valence-electron chi connectivity index (χ2n) is 7.93. The van der Waals surface area contributed by atoms with Crippen LogP contribution < -0.4 is 10.6 Å². The minimum absolute atomic E-state index is 0.218. The highest BCUT2D eigenvalue weighted by Crippen LogP contribution is 2.33. The van der Waals surface area contributed by atoms with Crippen LogP contribution in [0.25, 0.3) is 35.2 Å². The van der Waals surface area contributed by atoms with Gasteiger partial charge in [0.05, 0.1) is 11.0 Å². The normalized spacial score (nSPS) is 13.0. The molecule has 4 aromatic rings. The molecule has 0 aliphatic rings. The summed E-state index contributed by atoms with van der Waals surface area (Å²) >= 11 is 1.12. The molecular formula is C28H27FN4S. The van der Waals surface area contributed by atoms with Gasteiger partial charge < -0.3 is 4.98 Å². The minimum Gasteiger partial charge on any atom is -0.357 e. The quantitative estimate of drug-likeness (QED) is 0.336. The third-order valence-electron chi connectivity index (χ3n) is 5.71. The van der Waals surface area contributed by atoms with Crippen LogP contribution in [0.15, 0.2) is 61.5 Å². The Morgan fingerprint density at radius 3 is 2.74 bits per heavy atom. The highest BCUT2D eigenvalue weighted by atomic mass is 32.1. The molecule has 0 bridgehead atoms. The van der Waals surface area contributed by atoms with Crippen LogP contribution in [0.1, 0.15) is 41.1 Å². The largest absolute Gasteiger partial charge is 0.357 e. The lowest BCUT2D eigenvalue weighted by atomic mass is 10.0. The number of hydrogen-bond acceptors (Lipinski definition) is 3. The maximum Gasteiger partial charge on any atom is 0.176 e. The van der Waals surface area contributed by atoms with E-state index in [1.54, 1.807) is 12.1 Å². The summed E-state index contributed by atoms with van der Waals surface area (Å²) in [6.45, 7) is 14.1. The summed E-state index contributed by atoms with van der Waals surface area (Å²) in [7, 11) is 0. The van der Waals surface area contributed by atoms with Crippen molar-refractivity contribution in [2.75, 3.05) is 0 Å². The number of pyridine rings is 1. The van der Waals surface area contributed by atoms with Crippen LogP contribution in [0.5, 0.6) is 0 Å². The van der Waals surface area contributed by atoms with Gasteiger partial charge in [0.15, 0.2) is 5.13 Å². The average Bonchev–Trinajstić information content (AvgIpc) is 3.54. The smallest absolute Gasteiger partial charge is 0.176 e. The summed E-state index contributed by atoms with van der Waals surface area (Å²) in [6.07, 6.45) is 12.5. The Morgan fingerprint density at radius 1 is 1.24 bits per heavy atom. The predicted octanol–water partition coefficient (Wildman–Crippen LogP) is 5.78. The molecular weight excluding hydrogens is 443 g/mol. The summed E-state index contributed by atoms with van der Waals surface area (Å²) in [5, 5.41) is 8.98. The van der Waals surface area contributed by atoms with Gasteiger partial charge in [0.1, 0.15) is 5.69 Å². The second-order valence-corrected chi connectivity index (χ2v) is 8.96. The lowest BCUT2D eigenvalue weighted by Gasteiger charge is -2.04. The monoisotopic (exact) mass is 470 g/mol. The Morgan fingerprint density at radius 2 is 2.06 bits per heavy atom. The van der Waals surface area contributed by atoms with Crippen LogP contribution in [0, 0.1) is 12.1 Å². The zero-order valence-electron chi connectivity index (χ0n) is 19.6. The molecule has 0 saturated heterocycles. The number of nitrogens with zero attached hydrogens (tertiary/aromatic N) is 2. The zero-order chi connectivity index (χ0) is 24.2. The molecule has 6 heteroatoms. The van der Waals surface area contributed by atoms with Gasteiger partial charge in [0.25, 0.3) is 0 Å². The standard InChI is InChI=1S/C28H27FN4S/c1-6-9-22(26-10-11-27(29)34-26)23-14-25(31-17(23)4)28-24(18(5)32-33-28)13-20(8-3)21-12-19(7-2)15-30-16-21/h6,8-16,31-32H,1,5,7H2,2-4H3/b20-8+,22-9+,24-13+. The first kappa shape index (κ1) is 23.4. The first-order chi connectivity index (χ1) is 16.4. The third kappa shape index (κ3) is 4.63. The fourth-order valence-electron chi connectivity index (χ4n) is 3.92. The molecule has 4 heterocycles. The number of H-pyrrole nitrogens is 2. The third-order valence-corrected chi connectivity index (χ3v) is 6.62. The van der Waals surface area contributed by atoms with Crippen molar-refractivity contribution < 1.29 is 4.39 Å². The van der Waals surface area contributed by atoms with Gasteiger partial charge in [-0.25, -0.2) is 0 Å². The first-order valence-electron chi connectivity index (χ1n) is 11.1. The molecule has 4 nitrogen and oxygen atoms in total. The molecule has 0 spiro atoms. The molecule has 2 N–H and O–H groups in total. The molecule has 0 aliphatic carbocycles. The first-order valence-corrected chi connectivity index (χ1v) is 11.9. The molecule has 0 aliphatic heterocycles. The number of hydrogen-bond donors (Lipinski definition) is 2. The van der Waals surface area contributed by atoms with E-state index < -0.39 is 0 Å². The molecule has 0 fully saturated rings. The van der Waals surface area contributed by atoms with E-state index in [2.05, 4.69) is 58.5 Å². The number of thiophene rings is 1. The van der Waals surface area contributed by atoms with Gasteiger partial charge in [0, 0.05) is 39.3 Å². The van der Waals surface area contributed by atoms with E-state index in [1.165, 1.54) is 11.6 Å². The van der Waals surface area contributed by atoms with E-state index in [1.807, 2.05) is 38.4 Å². The van der Waals surface area contributed by atoms with E-state index >= 15 is 0 Å². The van der Waals surface area contributed by atoms with Crippen LogP contribution in [0.3, 0.4) is 0 Å². The fraction of sp³-hybridized carbons (Fsp3) is 0.143. The van der Waals surface area contributed by atoms with E-state index in [0.29, 0.717) is 0 Å². The van der Waals surface area contributed by atoms with Crippen molar-refractivity contribution in [3.63, 3.8) is 0 Å². The van der Waals surface area contributed by atoms with Gasteiger partial charge in [-0.15, -0.1) is 11.3 Å². The maximum absolute atomic E-state index is 13.7. The number of aromatic nitrogens is 4. The molecule has 0 amide bonds. The highest BCUT2D eigenvalue weighted by molar-refractivity contribution is 7.11. The Labute approximate surface area is 202 Å². The summed E-state index contributed by atoms with van der Waals surface area (Å²) in [5.41, 5.74) is 7.75. The van der Waals surface area contributed by atoms with E-state index in [4.69, 9.17) is 0 Å². The number of aryl methyl sites for hydroxylation is 2. The Bertz CT molecular complexity index is 1510. The summed E-state index contributed by atoms with van der Waals surface area (Å²) in [4.78, 5) is 8.69. The summed E-state index contributed by atoms with van der Waals surface area (Å²) < 4.78 is 13.7. The molecule has 0 radical (unpaired) electrons. The van der Waals surface area contributed by atoms with Gasteiger partial charge in [-0.1, -0.05) is 38.3 Å². The lowest BCUT2D eigenvalue weighted by molar-refractivity contribution is 0.657. The van der Waals surface area contributed by atoms with Gasteiger partial charge in [-0.3, -0.25) is 10.1 Å². The molecule has 0 unspecified atom stereocenters. The van der Waals surface area contributed by atoms with Crippen LogP contribution in [0.4, 0.5) is 4.39 Å². The highest BCUT2D eigenvalue weighted by Gasteiger charge is 2.16. The zero-order valence-corrected chi connectivity index (χ0v) is 20.4. The molecule has 0 saturated carbocycles. The Kier molecular flexibility index (Phi) is 6.89. The molecule has 172 valence electrons. The van der Waals surface area contributed by atoms with E-state index in [9.17, 15) is 4.39 Å². The van der Waals surface area contributed by atoms with Crippen molar-refractivity contribution in [1.29, 1.82) is 0 Å². The molecule has 0 aromatic carbocycles. The van der Waals surface area contributed by atoms with E-state index in [0.717, 1.165) is 72.6 Å². The van der Waals surface area contributed by atoms with Crippen molar-refractivity contribution in [2.24, 2.45) is 0 Å². The van der Waals surface area contributed by atoms with E-state index in [-0.39, 0.29) is 5.13 Å². The van der Waals surface area contributed by atoms with Crippen LogP contribution in [-0.4, -0.2) is 20.2 Å². The summed E-state index contributed by atoms with van der Waals surface area (Å²) in [5.74, 6) is 0. The average molecular weight is 471 g/mol. The van der Waals surface area contributed by atoms with Gasteiger partial charge >= 0.3 is 0 Å². The van der Waals surface area contributed by atoms with Crippen molar-refractivity contribution in [3.05, 3.63) is 104 Å². The number of halogens is 1. The lowest BCUT2D eigenvalue weighted by Crippen LogP contribution is -2.22. The minimum atomic E-state index is -0.218. The SMILES string of the molecule is C=C/C=C(/c1ccc(F)s1)c1cc(-c2n[nH]c(=C)/c2=C\C(=C/C)c2cncc(CC)c2)[nH]c1C. The Balaban J connectivity index is 1.82. The maximum atomic E-state index is 13.7. The Hall–Kier alpha value is -3.77. The van der Waals surface area contributed by atoms with Gasteiger partial charge in [-0.05, 0) is 67.3 Å². The molecule has 4 aromatic heterocycles. The molecule has 34 heavy (non-hydrogen) atoms. The van der Waals surface area contributed by atoms with Crippen molar-refractivity contribution >= 4 is 35.1 Å². The number of nitrogens with one attached hydrogen (secondary N) is 2. The number of allylic oxidation sites excluding steroid dienone is 4. The number of aromatic amines is 2. The molecule has 0 atom stereocenters.